The molecule has 0 radical (unpaired) electrons. The Morgan fingerprint density at radius 2 is 2.18 bits per heavy atom. The van der Waals surface area contributed by atoms with Gasteiger partial charge in [-0.1, -0.05) is 6.58 Å². The van der Waals surface area contributed by atoms with Gasteiger partial charge in [0, 0.05) is 0 Å². The van der Waals surface area contributed by atoms with E-state index in [9.17, 15) is 4.79 Å². The summed E-state index contributed by atoms with van der Waals surface area (Å²) in [6.07, 6.45) is -2.46. The van der Waals surface area contributed by atoms with Gasteiger partial charge >= 0.3 is 6.16 Å². The molecule has 0 aromatic carbocycles. The molecule has 5 nitrogen and oxygen atoms in total. The number of aliphatic hydroxyl groups is 1. The van der Waals surface area contributed by atoms with Crippen LogP contribution < -0.4 is 0 Å². The predicted molar refractivity (Wildman–Crippen MR) is 35.4 cm³/mol. The molecule has 0 rings (SSSR count). The Hall–Kier alpha value is -1.07. The van der Waals surface area contributed by atoms with E-state index < -0.39 is 12.4 Å². The highest BCUT2D eigenvalue weighted by Gasteiger charge is 2.12. The fraction of sp³-hybridized carbons (Fsp3) is 0.500. The molecule has 0 saturated heterocycles. The molecule has 0 spiro atoms. The Bertz CT molecular complexity index is 153. The molecular formula is C6H10O5. The first kappa shape index (κ1) is 9.93. The van der Waals surface area contributed by atoms with Crippen LogP contribution in [0.4, 0.5) is 4.79 Å². The molecule has 0 aliphatic rings. The summed E-state index contributed by atoms with van der Waals surface area (Å²) in [5, 5.41) is 8.85. The minimum Gasteiger partial charge on any atom is -0.398 e. The molecule has 0 aliphatic carbocycles. The van der Waals surface area contributed by atoms with E-state index in [1.54, 1.807) is 0 Å². The van der Waals surface area contributed by atoms with Crippen molar-refractivity contribution in [2.24, 2.45) is 0 Å². The van der Waals surface area contributed by atoms with Crippen LogP contribution in [0.5, 0.6) is 0 Å². The molecule has 1 N–H and O–H groups in total. The number of carbonyl (C=O) groups excluding carboxylic acids is 1. The fourth-order valence-corrected chi connectivity index (χ4v) is 0.279. The second kappa shape index (κ2) is 4.70. The van der Waals surface area contributed by atoms with Crippen LogP contribution in [0.1, 0.15) is 6.92 Å². The van der Waals surface area contributed by atoms with Gasteiger partial charge in [-0.2, -0.15) is 4.89 Å². The lowest BCUT2D eigenvalue weighted by atomic mass is 10.3. The number of hydrogen-bond acceptors (Lipinski definition) is 5. The molecule has 1 unspecified atom stereocenters. The van der Waals surface area contributed by atoms with E-state index in [1.807, 2.05) is 0 Å². The Balaban J connectivity index is 3.66. The highest BCUT2D eigenvalue weighted by Crippen LogP contribution is 2.00. The van der Waals surface area contributed by atoms with Crippen LogP contribution in [0.3, 0.4) is 0 Å². The molecular weight excluding hydrogens is 152 g/mol. The van der Waals surface area contributed by atoms with Crippen LogP contribution in [0, 0.1) is 0 Å². The van der Waals surface area contributed by atoms with Gasteiger partial charge < -0.3 is 9.84 Å². The summed E-state index contributed by atoms with van der Waals surface area (Å²) in [5.74, 6) is 0. The van der Waals surface area contributed by atoms with Crippen LogP contribution >= 0.6 is 0 Å². The van der Waals surface area contributed by atoms with E-state index in [2.05, 4.69) is 21.1 Å². The quantitative estimate of drug-likeness (QED) is 0.216. The maximum absolute atomic E-state index is 10.4. The molecule has 64 valence electrons. The highest BCUT2D eigenvalue weighted by atomic mass is 17.2. The standard InChI is InChI=1S/C6H10O5/c1-4(2)5(7)10-6(8)11-9-3/h5,7H,1H2,2-3H3. The van der Waals surface area contributed by atoms with Gasteiger partial charge in [-0.3, -0.25) is 4.89 Å². The molecule has 0 aliphatic heterocycles. The largest absolute Gasteiger partial charge is 0.543 e. The average molecular weight is 162 g/mol. The molecule has 0 amide bonds. The SMILES string of the molecule is C=C(C)C(O)OC(=O)OOC. The number of hydrogen-bond donors (Lipinski definition) is 1. The second-order valence-corrected chi connectivity index (χ2v) is 1.82. The Morgan fingerprint density at radius 1 is 1.64 bits per heavy atom. The van der Waals surface area contributed by atoms with Crippen LogP contribution in [0.15, 0.2) is 12.2 Å². The third-order valence-electron chi connectivity index (χ3n) is 0.781. The van der Waals surface area contributed by atoms with Gasteiger partial charge in [-0.05, 0) is 12.5 Å². The zero-order valence-electron chi connectivity index (χ0n) is 6.36. The van der Waals surface area contributed by atoms with Crippen molar-refractivity contribution in [3.63, 3.8) is 0 Å². The predicted octanol–water partition coefficient (Wildman–Crippen LogP) is 0.595. The van der Waals surface area contributed by atoms with E-state index in [-0.39, 0.29) is 0 Å². The third-order valence-corrected chi connectivity index (χ3v) is 0.781. The van der Waals surface area contributed by atoms with E-state index in [0.29, 0.717) is 5.57 Å². The minimum atomic E-state index is -1.35. The minimum absolute atomic E-state index is 0.304. The van der Waals surface area contributed by atoms with Gasteiger partial charge in [0.05, 0.1) is 7.11 Å². The molecule has 0 aromatic rings. The summed E-state index contributed by atoms with van der Waals surface area (Å²) < 4.78 is 4.22. The monoisotopic (exact) mass is 162 g/mol. The van der Waals surface area contributed by atoms with E-state index in [1.165, 1.54) is 6.92 Å². The van der Waals surface area contributed by atoms with Crippen molar-refractivity contribution in [1.82, 2.24) is 0 Å². The maximum Gasteiger partial charge on any atom is 0.543 e. The summed E-state index contributed by atoms with van der Waals surface area (Å²) in [6, 6.07) is 0. The third kappa shape index (κ3) is 4.35. The lowest BCUT2D eigenvalue weighted by molar-refractivity contribution is -0.241. The second-order valence-electron chi connectivity index (χ2n) is 1.82. The van der Waals surface area contributed by atoms with Gasteiger partial charge in [-0.15, -0.1) is 0 Å². The van der Waals surface area contributed by atoms with Gasteiger partial charge in [0.1, 0.15) is 0 Å². The average Bonchev–Trinajstić information content (AvgIpc) is 1.87. The van der Waals surface area contributed by atoms with E-state index >= 15 is 0 Å². The number of ether oxygens (including phenoxy) is 1. The van der Waals surface area contributed by atoms with Crippen molar-refractivity contribution >= 4 is 6.16 Å². The van der Waals surface area contributed by atoms with E-state index in [4.69, 9.17) is 5.11 Å². The molecule has 0 bridgehead atoms. The van der Waals surface area contributed by atoms with Crippen LogP contribution in [0.2, 0.25) is 0 Å². The molecule has 5 heteroatoms. The fourth-order valence-electron chi connectivity index (χ4n) is 0.279. The summed E-state index contributed by atoms with van der Waals surface area (Å²) in [4.78, 5) is 18.3. The van der Waals surface area contributed by atoms with Crippen molar-refractivity contribution in [3.8, 4) is 0 Å². The Morgan fingerprint density at radius 3 is 2.55 bits per heavy atom. The molecule has 0 saturated carbocycles. The van der Waals surface area contributed by atoms with Crippen molar-refractivity contribution in [2.75, 3.05) is 7.11 Å². The topological polar surface area (TPSA) is 65.0 Å². The summed E-state index contributed by atoms with van der Waals surface area (Å²) in [5.41, 5.74) is 0.304. The molecule has 11 heavy (non-hydrogen) atoms. The highest BCUT2D eigenvalue weighted by molar-refractivity contribution is 5.59. The summed E-state index contributed by atoms with van der Waals surface area (Å²) >= 11 is 0. The van der Waals surface area contributed by atoms with Crippen LogP contribution in [0.25, 0.3) is 0 Å². The van der Waals surface area contributed by atoms with Gasteiger partial charge in [0.2, 0.25) is 6.29 Å². The van der Waals surface area contributed by atoms with Crippen molar-refractivity contribution < 1.29 is 24.4 Å². The van der Waals surface area contributed by atoms with Gasteiger partial charge in [0.25, 0.3) is 0 Å². The smallest absolute Gasteiger partial charge is 0.398 e. The molecule has 0 fully saturated rings. The zero-order chi connectivity index (χ0) is 8.85. The molecule has 0 aromatic heterocycles. The number of aliphatic hydroxyl groups excluding tert-OH is 1. The van der Waals surface area contributed by atoms with Crippen molar-refractivity contribution in [1.29, 1.82) is 0 Å². The van der Waals surface area contributed by atoms with Gasteiger partial charge in [-0.25, -0.2) is 4.79 Å². The first-order chi connectivity index (χ1) is 5.07. The number of carbonyl (C=O) groups is 1. The van der Waals surface area contributed by atoms with Crippen molar-refractivity contribution in [3.05, 3.63) is 12.2 Å². The van der Waals surface area contributed by atoms with E-state index in [0.717, 1.165) is 7.11 Å². The van der Waals surface area contributed by atoms with Gasteiger partial charge in [0.15, 0.2) is 0 Å². The summed E-state index contributed by atoms with van der Waals surface area (Å²) in [6.45, 7) is 4.85. The first-order valence-electron chi connectivity index (χ1n) is 2.82. The van der Waals surface area contributed by atoms with Crippen molar-refractivity contribution in [2.45, 2.75) is 13.2 Å². The maximum atomic E-state index is 10.4. The zero-order valence-corrected chi connectivity index (χ0v) is 6.36. The molecule has 1 atom stereocenters. The van der Waals surface area contributed by atoms with Crippen LogP contribution in [-0.2, 0) is 14.5 Å². The first-order valence-corrected chi connectivity index (χ1v) is 2.82. The summed E-state index contributed by atoms with van der Waals surface area (Å²) in [7, 11) is 1.15. The lowest BCUT2D eigenvalue weighted by Crippen LogP contribution is -2.18. The normalized spacial score (nSPS) is 11.9. The Kier molecular flexibility index (Phi) is 4.24. The van der Waals surface area contributed by atoms with Crippen LogP contribution in [-0.4, -0.2) is 24.7 Å². The lowest BCUT2D eigenvalue weighted by Gasteiger charge is -2.09. The number of rotatable bonds is 3. The molecule has 0 heterocycles. The Labute approximate surface area is 64.1 Å².